The van der Waals surface area contributed by atoms with Gasteiger partial charge in [0.15, 0.2) is 69.1 Å². The Hall–Kier alpha value is -10.2. The average molecular weight is 1830 g/mol. The number of aryl methyl sites for hydroxylation is 5. The van der Waals surface area contributed by atoms with Crippen LogP contribution in [0.5, 0.6) is 46.0 Å². The van der Waals surface area contributed by atoms with Crippen LogP contribution in [0.25, 0.3) is 0 Å². The number of hydrogen-bond donors (Lipinski definition) is 4. The Labute approximate surface area is 715 Å². The molecule has 4 N–H and O–H groups in total. The Kier molecular flexibility index (Phi) is 19.7. The number of halogens is 4. The molecule has 12 heterocycles. The Balaban J connectivity index is 0.000000148. The molecule has 44 heteroatoms. The van der Waals surface area contributed by atoms with Gasteiger partial charge in [-0.3, -0.25) is 19.2 Å². The lowest BCUT2D eigenvalue weighted by atomic mass is 10.0. The predicted octanol–water partition coefficient (Wildman–Crippen LogP) is 15.8. The predicted molar refractivity (Wildman–Crippen MR) is 427 cm³/mol. The van der Waals surface area contributed by atoms with Crippen LogP contribution >= 0.6 is 91.8 Å². The van der Waals surface area contributed by atoms with Gasteiger partial charge in [-0.2, -0.15) is 0 Å². The molecule has 0 saturated carbocycles. The number of Topliss-reactive ketones (excluding diaryl/α,β-unsaturated/α-hetero) is 4. The van der Waals surface area contributed by atoms with Crippen LogP contribution in [0.1, 0.15) is 125 Å². The Morgan fingerprint density at radius 3 is 0.966 bits per heavy atom. The first-order valence-corrected chi connectivity index (χ1v) is 43.4. The zero-order chi connectivity index (χ0) is 95.2. The molecule has 0 saturated heterocycles. The van der Waals surface area contributed by atoms with E-state index in [1.807, 2.05) is 0 Å². The van der Waals surface area contributed by atoms with Crippen LogP contribution in [0.15, 0.2) is 132 Å². The Morgan fingerprint density at radius 2 is 0.655 bits per heavy atom. The van der Waals surface area contributed by atoms with Gasteiger partial charge in [0, 0.05) is 29.8 Å². The first-order chi connectivity index (χ1) is 60.6. The van der Waals surface area contributed by atoms with Crippen molar-refractivity contribution in [3.05, 3.63) is 201 Å². The molecule has 8 aromatic heterocycles. The summed E-state index contributed by atoms with van der Waals surface area (Å²) < 4.78 is 282. The fourth-order valence-corrected chi connectivity index (χ4v) is 20.7. The number of aromatic nitrogens is 4. The molecule has 4 aromatic carbocycles. The summed E-state index contributed by atoms with van der Waals surface area (Å²) in [5.41, 5.74) is 2.42. The standard InChI is InChI=1S/4C18H15ClN2O6S2/c4*1-9-5-13-14(26-8-25-13)7-11(9)6-12(22)17-15(3-4-28-17)29(23,24)21-18-16(19)10(2)20-27-18/h4*3-5,7,21H,6,8H2,1-2H3/i5D,7D,8D2;5D,7D,8D;5D,7D;1D3,8D2. The van der Waals surface area contributed by atoms with Crippen molar-refractivity contribution < 1.29 is 128 Å². The number of hydrogen-bond acceptors (Lipinski definition) is 32. The highest BCUT2D eigenvalue weighted by atomic mass is 35.5. The number of carbonyl (C=O) groups excluding carboxylic acids is 4. The summed E-state index contributed by atoms with van der Waals surface area (Å²) in [5.74, 6) is -4.02. The van der Waals surface area contributed by atoms with Crippen molar-refractivity contribution in [2.45, 2.75) is 101 Å². The fraction of sp³-hybridized carbons (Fsp3) is 0.222. The number of benzene rings is 4. The van der Waals surface area contributed by atoms with Gasteiger partial charge in [0.05, 0.1) is 27.7 Å². The molecule has 1 unspecified atom stereocenters. The fourth-order valence-electron chi connectivity index (χ4n) is 10.4. The molecule has 4 aliphatic heterocycles. The van der Waals surface area contributed by atoms with Crippen LogP contribution in [0, 0.1) is 55.3 Å². The minimum Gasteiger partial charge on any atom is -0.454 e. The lowest BCUT2D eigenvalue weighted by molar-refractivity contribution is 0.0985. The number of anilines is 4. The summed E-state index contributed by atoms with van der Waals surface area (Å²) in [6.07, 6.45) is -1.53. The second kappa shape index (κ2) is 34.1. The van der Waals surface area contributed by atoms with E-state index in [0.717, 1.165) is 51.4 Å². The van der Waals surface area contributed by atoms with E-state index >= 15 is 0 Å². The van der Waals surface area contributed by atoms with Crippen molar-refractivity contribution in [2.75, 3.05) is 45.9 Å². The zero-order valence-corrected chi connectivity index (χ0v) is 69.3. The molecular weight excluding hydrogens is 1760 g/mol. The monoisotopic (exact) mass is 1830 g/mol. The van der Waals surface area contributed by atoms with Crippen LogP contribution in [0.3, 0.4) is 0 Å². The van der Waals surface area contributed by atoms with Crippen LogP contribution in [-0.4, -0.2) is 104 Å². The van der Waals surface area contributed by atoms with Crippen LogP contribution < -0.4 is 56.8 Å². The largest absolute Gasteiger partial charge is 0.454 e. The molecule has 1 atom stereocenters. The van der Waals surface area contributed by atoms with Crippen molar-refractivity contribution in [1.29, 1.82) is 0 Å². The van der Waals surface area contributed by atoms with E-state index in [-0.39, 0.29) is 229 Å². The highest BCUT2D eigenvalue weighted by Gasteiger charge is 2.34. The lowest BCUT2D eigenvalue weighted by Gasteiger charge is -2.09. The summed E-state index contributed by atoms with van der Waals surface area (Å²) in [4.78, 5) is 50.7. The van der Waals surface area contributed by atoms with E-state index in [1.165, 1.54) is 72.6 Å². The molecule has 0 amide bonds. The zero-order valence-electron chi connectivity index (χ0n) is 73.8. The Morgan fingerprint density at radius 1 is 0.388 bits per heavy atom. The molecule has 0 spiro atoms. The van der Waals surface area contributed by atoms with Gasteiger partial charge in [0.1, 0.15) is 69.3 Å². The van der Waals surface area contributed by atoms with Gasteiger partial charge in [0.25, 0.3) is 63.6 Å². The number of rotatable bonds is 24. The summed E-state index contributed by atoms with van der Waals surface area (Å²) in [7, 11) is -17.0. The molecule has 12 aromatic rings. The van der Waals surface area contributed by atoms with E-state index in [0.29, 0.717) is 22.5 Å². The van der Waals surface area contributed by atoms with Gasteiger partial charge in [-0.1, -0.05) is 67.0 Å². The third-order valence-electron chi connectivity index (χ3n) is 16.3. The number of fused-ring (bicyclic) bond motifs is 4. The van der Waals surface area contributed by atoms with Gasteiger partial charge in [0.2, 0.25) is 27.1 Å². The van der Waals surface area contributed by atoms with E-state index in [9.17, 15) is 52.8 Å². The van der Waals surface area contributed by atoms with Gasteiger partial charge in [-0.05, 0) is 194 Å². The normalized spacial score (nSPS) is 16.3. The van der Waals surface area contributed by atoms with Gasteiger partial charge in [-0.15, -0.1) is 45.3 Å². The molecule has 32 nitrogen and oxygen atoms in total. The molecule has 0 fully saturated rings. The number of ether oxygens (including phenoxy) is 8. The summed E-state index contributed by atoms with van der Waals surface area (Å²) in [6.45, 7) is 1.60. The van der Waals surface area contributed by atoms with Gasteiger partial charge in [-0.25, -0.2) is 52.6 Å². The third-order valence-corrected chi connectivity index (χ3v) is 27.9. The van der Waals surface area contributed by atoms with Gasteiger partial charge < -0.3 is 56.0 Å². The smallest absolute Gasteiger partial charge is 0.265 e. The number of carbonyl (C=O) groups is 4. The minimum absolute atomic E-state index is 0.00202. The molecular formula is C72H60Cl4N8O24S8. The maximum atomic E-state index is 13.1. The summed E-state index contributed by atoms with van der Waals surface area (Å²) in [6, 6.07) is 6.50. The van der Waals surface area contributed by atoms with Crippen LogP contribution in [0.4, 0.5) is 23.5 Å². The van der Waals surface area contributed by atoms with Crippen molar-refractivity contribution in [3.8, 4) is 46.0 Å². The van der Waals surface area contributed by atoms with Crippen molar-refractivity contribution >= 4 is 179 Å². The topological polar surface area (TPSA) is 431 Å². The van der Waals surface area contributed by atoms with E-state index < -0.39 is 103 Å². The highest BCUT2D eigenvalue weighted by molar-refractivity contribution is 7.94. The van der Waals surface area contributed by atoms with Crippen molar-refractivity contribution in [2.24, 2.45) is 0 Å². The highest BCUT2D eigenvalue weighted by Crippen LogP contribution is 2.42. The quantitative estimate of drug-likeness (QED) is 0.0408. The molecule has 0 bridgehead atoms. The van der Waals surface area contributed by atoms with E-state index in [1.54, 1.807) is 27.7 Å². The van der Waals surface area contributed by atoms with E-state index in [4.69, 9.17) is 122 Å². The van der Waals surface area contributed by atoms with E-state index in [2.05, 4.69) is 39.5 Å². The van der Waals surface area contributed by atoms with Crippen LogP contribution in [0.2, 0.25) is 20.1 Å². The number of nitrogens with zero attached hydrogens (tertiary/aromatic N) is 4. The molecule has 116 heavy (non-hydrogen) atoms. The summed E-state index contributed by atoms with van der Waals surface area (Å²) in [5, 5.41) is 20.0. The number of thiophene rings is 4. The SMILES string of the molecule is [2H]C1([2H])Oc2cc(CC(=O)c3sccc3S(=O)(=O)Nc3onc(C)c3Cl)c(C([2H])([2H])[2H])cc2O1.[2H]c1c(C)c(CC(=O)c2sccc2S(=O)(=O)Nc2onc(C)c2Cl)c([2H])c2c1OC([2H])([2H])O2.[2H]c1c(C)c(CC(=O)c2sccc2S(=O)(=O)Nc2onc(C)c2Cl)c([2H])c2c1OC([2H])O2.[2H]c1c(C)c(CC(=O)c2sccc2S(=O)(=O)Nc2onc(C)c2Cl)c([2H])c2c1OCO2. The number of nitrogens with one attached hydrogen (secondary N) is 4. The lowest BCUT2D eigenvalue weighted by Crippen LogP contribution is -2.16. The van der Waals surface area contributed by atoms with Crippen LogP contribution in [-0.2, 0) is 65.8 Å². The molecule has 16 rings (SSSR count). The average Bonchev–Trinajstić information content (AvgIpc) is 1.59. The Bertz CT molecular complexity index is 7140. The summed E-state index contributed by atoms with van der Waals surface area (Å²) >= 11 is 27.5. The molecule has 4 aliphatic rings. The molecule has 0 aliphatic carbocycles. The second-order valence-corrected chi connectivity index (χ2v) is 36.0. The first-order valence-electron chi connectivity index (χ1n) is 39.5. The van der Waals surface area contributed by atoms with Gasteiger partial charge >= 0.3 is 0 Å². The second-order valence-electron chi connectivity index (χ2n) is 24.2. The number of sulfonamides is 4. The third kappa shape index (κ3) is 18.1. The number of ketones is 4. The maximum Gasteiger partial charge on any atom is 0.265 e. The minimum atomic E-state index is -4.29. The van der Waals surface area contributed by atoms with Crippen molar-refractivity contribution in [3.63, 3.8) is 0 Å². The molecule has 608 valence electrons. The molecule has 0 radical (unpaired) electrons. The maximum absolute atomic E-state index is 13.1. The first kappa shape index (κ1) is 66.9. The van der Waals surface area contributed by atoms with Crippen molar-refractivity contribution in [1.82, 2.24) is 20.6 Å².